The van der Waals surface area contributed by atoms with E-state index in [0.29, 0.717) is 39.6 Å². The van der Waals surface area contributed by atoms with Gasteiger partial charge >= 0.3 is 5.97 Å². The van der Waals surface area contributed by atoms with Crippen molar-refractivity contribution in [2.24, 2.45) is 5.41 Å². The van der Waals surface area contributed by atoms with Crippen molar-refractivity contribution in [2.75, 3.05) is 53.4 Å². The summed E-state index contributed by atoms with van der Waals surface area (Å²) in [6.07, 6.45) is 0. The summed E-state index contributed by atoms with van der Waals surface area (Å²) < 4.78 is 20.5. The van der Waals surface area contributed by atoms with E-state index in [4.69, 9.17) is 24.1 Å². The molecule has 0 aliphatic carbocycles. The van der Waals surface area contributed by atoms with Gasteiger partial charge in [-0.2, -0.15) is 0 Å². The topological polar surface area (TPSA) is 74.2 Å². The van der Waals surface area contributed by atoms with Gasteiger partial charge in [0.2, 0.25) is 0 Å². The third kappa shape index (κ3) is 9.35. The number of hydrogen-bond acceptors (Lipinski definition) is 5. The van der Waals surface area contributed by atoms with Gasteiger partial charge in [0, 0.05) is 7.11 Å². The van der Waals surface area contributed by atoms with E-state index in [1.54, 1.807) is 21.0 Å². The minimum Gasteiger partial charge on any atom is -0.481 e. The molecule has 0 aromatic rings. The number of methoxy groups -OCH3 is 1. The van der Waals surface area contributed by atoms with Crippen molar-refractivity contribution in [1.82, 2.24) is 0 Å². The fraction of sp³-hybridized carbons (Fsp3) is 0.917. The minimum absolute atomic E-state index is 0.177. The molecule has 6 nitrogen and oxygen atoms in total. The van der Waals surface area contributed by atoms with E-state index < -0.39 is 11.4 Å². The van der Waals surface area contributed by atoms with E-state index in [1.165, 1.54) is 0 Å². The number of carbonyl (C=O) groups is 1. The summed E-state index contributed by atoms with van der Waals surface area (Å²) in [7, 11) is 1.62. The highest BCUT2D eigenvalue weighted by molar-refractivity contribution is 5.73. The predicted octanol–water partition coefficient (Wildman–Crippen LogP) is 0.793. The maximum atomic E-state index is 10.8. The van der Waals surface area contributed by atoms with Gasteiger partial charge in [-0.05, 0) is 13.8 Å². The van der Waals surface area contributed by atoms with Crippen LogP contribution in [0, 0.1) is 5.41 Å². The van der Waals surface area contributed by atoms with Crippen LogP contribution in [0.25, 0.3) is 0 Å². The molecular weight excluding hydrogens is 240 g/mol. The Labute approximate surface area is 108 Å². The van der Waals surface area contributed by atoms with Crippen molar-refractivity contribution >= 4 is 5.97 Å². The third-order valence-electron chi connectivity index (χ3n) is 2.22. The highest BCUT2D eigenvalue weighted by atomic mass is 16.6. The molecule has 0 spiro atoms. The highest BCUT2D eigenvalue weighted by Crippen LogP contribution is 2.14. The lowest BCUT2D eigenvalue weighted by atomic mass is 9.95. The lowest BCUT2D eigenvalue weighted by Crippen LogP contribution is -2.29. The summed E-state index contributed by atoms with van der Waals surface area (Å²) in [5, 5.41) is 8.85. The van der Waals surface area contributed by atoms with Crippen LogP contribution in [0.2, 0.25) is 0 Å². The maximum Gasteiger partial charge on any atom is 0.311 e. The summed E-state index contributed by atoms with van der Waals surface area (Å²) in [5.74, 6) is -0.866. The molecule has 0 aliphatic rings. The molecule has 0 aromatic heterocycles. The first-order valence-corrected chi connectivity index (χ1v) is 5.96. The van der Waals surface area contributed by atoms with E-state index in [0.717, 1.165) is 0 Å². The van der Waals surface area contributed by atoms with Crippen molar-refractivity contribution in [2.45, 2.75) is 13.8 Å². The van der Waals surface area contributed by atoms with Crippen LogP contribution < -0.4 is 0 Å². The number of ether oxygens (including phenoxy) is 4. The molecule has 0 unspecified atom stereocenters. The highest BCUT2D eigenvalue weighted by Gasteiger charge is 2.27. The quantitative estimate of drug-likeness (QED) is 0.525. The fourth-order valence-corrected chi connectivity index (χ4v) is 0.971. The molecule has 0 atom stereocenters. The smallest absolute Gasteiger partial charge is 0.311 e. The first-order valence-electron chi connectivity index (χ1n) is 5.96. The molecule has 6 heteroatoms. The standard InChI is InChI=1S/C12H24O6/c1-12(2,11(13)14)10-18-9-8-17-7-6-16-5-4-15-3/h4-10H2,1-3H3,(H,13,14). The van der Waals surface area contributed by atoms with E-state index in [1.807, 2.05) is 0 Å². The van der Waals surface area contributed by atoms with Crippen LogP contribution in [0.1, 0.15) is 13.8 Å². The number of aliphatic carboxylic acids is 1. The molecule has 0 saturated heterocycles. The summed E-state index contributed by atoms with van der Waals surface area (Å²) in [6.45, 7) is 6.39. The van der Waals surface area contributed by atoms with Crippen molar-refractivity contribution in [3.63, 3.8) is 0 Å². The monoisotopic (exact) mass is 264 g/mol. The Morgan fingerprint density at radius 3 is 1.83 bits per heavy atom. The van der Waals surface area contributed by atoms with E-state index in [9.17, 15) is 4.79 Å². The SMILES string of the molecule is COCCOCCOCCOCC(C)(C)C(=O)O. The van der Waals surface area contributed by atoms with Crippen molar-refractivity contribution in [3.8, 4) is 0 Å². The normalized spacial score (nSPS) is 11.7. The van der Waals surface area contributed by atoms with Crippen molar-refractivity contribution < 1.29 is 28.8 Å². The minimum atomic E-state index is -0.866. The predicted molar refractivity (Wildman–Crippen MR) is 65.7 cm³/mol. The van der Waals surface area contributed by atoms with Crippen LogP contribution in [-0.4, -0.2) is 64.4 Å². The maximum absolute atomic E-state index is 10.8. The molecule has 0 fully saturated rings. The van der Waals surface area contributed by atoms with E-state index in [2.05, 4.69) is 0 Å². The van der Waals surface area contributed by atoms with Gasteiger partial charge in [0.05, 0.1) is 51.7 Å². The van der Waals surface area contributed by atoms with Crippen LogP contribution in [0.15, 0.2) is 0 Å². The summed E-state index contributed by atoms with van der Waals surface area (Å²) in [4.78, 5) is 10.8. The first kappa shape index (κ1) is 17.3. The Morgan fingerprint density at radius 2 is 1.39 bits per heavy atom. The second-order valence-corrected chi connectivity index (χ2v) is 4.46. The third-order valence-corrected chi connectivity index (χ3v) is 2.22. The zero-order valence-corrected chi connectivity index (χ0v) is 11.4. The summed E-state index contributed by atoms with van der Waals surface area (Å²) >= 11 is 0. The van der Waals surface area contributed by atoms with Gasteiger partial charge in [0.1, 0.15) is 0 Å². The summed E-state index contributed by atoms with van der Waals surface area (Å²) in [6, 6.07) is 0. The van der Waals surface area contributed by atoms with Crippen LogP contribution in [0.3, 0.4) is 0 Å². The second-order valence-electron chi connectivity index (χ2n) is 4.46. The van der Waals surface area contributed by atoms with Gasteiger partial charge in [0.15, 0.2) is 0 Å². The van der Waals surface area contributed by atoms with Gasteiger partial charge in [-0.15, -0.1) is 0 Å². The van der Waals surface area contributed by atoms with Crippen molar-refractivity contribution in [1.29, 1.82) is 0 Å². The van der Waals surface area contributed by atoms with Crippen LogP contribution >= 0.6 is 0 Å². The molecule has 108 valence electrons. The lowest BCUT2D eigenvalue weighted by Gasteiger charge is -2.18. The molecule has 0 saturated carbocycles. The molecule has 0 bridgehead atoms. The van der Waals surface area contributed by atoms with Crippen LogP contribution in [-0.2, 0) is 23.7 Å². The van der Waals surface area contributed by atoms with Gasteiger partial charge in [0.25, 0.3) is 0 Å². The molecule has 0 amide bonds. The lowest BCUT2D eigenvalue weighted by molar-refractivity contribution is -0.150. The zero-order chi connectivity index (χ0) is 13.9. The zero-order valence-electron chi connectivity index (χ0n) is 11.4. The Hall–Kier alpha value is -0.690. The molecule has 0 rings (SSSR count). The average Bonchev–Trinajstić information content (AvgIpc) is 2.31. The van der Waals surface area contributed by atoms with Gasteiger partial charge < -0.3 is 24.1 Å². The molecule has 1 N–H and O–H groups in total. The van der Waals surface area contributed by atoms with E-state index in [-0.39, 0.29) is 6.61 Å². The molecular formula is C12H24O6. The van der Waals surface area contributed by atoms with Crippen LogP contribution in [0.4, 0.5) is 0 Å². The van der Waals surface area contributed by atoms with Crippen LogP contribution in [0.5, 0.6) is 0 Å². The molecule has 0 radical (unpaired) electrons. The second kappa shape index (κ2) is 10.3. The number of hydrogen-bond donors (Lipinski definition) is 1. The Kier molecular flexibility index (Phi) is 9.86. The molecule has 0 aliphatic heterocycles. The van der Waals surface area contributed by atoms with Gasteiger partial charge in [-0.3, -0.25) is 4.79 Å². The van der Waals surface area contributed by atoms with Gasteiger partial charge in [-0.25, -0.2) is 0 Å². The number of rotatable bonds is 12. The fourth-order valence-electron chi connectivity index (χ4n) is 0.971. The Morgan fingerprint density at radius 1 is 0.944 bits per heavy atom. The Balaban J connectivity index is 3.24. The van der Waals surface area contributed by atoms with Crippen molar-refractivity contribution in [3.05, 3.63) is 0 Å². The molecule has 0 aromatic carbocycles. The first-order chi connectivity index (χ1) is 8.50. The molecule has 0 heterocycles. The van der Waals surface area contributed by atoms with Gasteiger partial charge in [-0.1, -0.05) is 0 Å². The number of carboxylic acid groups (broad SMARTS) is 1. The summed E-state index contributed by atoms with van der Waals surface area (Å²) in [5.41, 5.74) is -0.858. The average molecular weight is 264 g/mol. The largest absolute Gasteiger partial charge is 0.481 e. The molecule has 18 heavy (non-hydrogen) atoms. The number of carboxylic acids is 1. The Bertz CT molecular complexity index is 217. The van der Waals surface area contributed by atoms with E-state index >= 15 is 0 Å².